The molecule has 1 aliphatic heterocycles. The molecule has 0 aliphatic carbocycles. The average molecular weight is 354 g/mol. The Balaban J connectivity index is 1.98. The van der Waals surface area contributed by atoms with Gasteiger partial charge in [0.05, 0.1) is 5.02 Å². The van der Waals surface area contributed by atoms with E-state index in [-0.39, 0.29) is 5.78 Å². The van der Waals surface area contributed by atoms with E-state index in [4.69, 9.17) is 21.1 Å². The summed E-state index contributed by atoms with van der Waals surface area (Å²) in [6.07, 6.45) is 0. The molecule has 0 spiro atoms. The van der Waals surface area contributed by atoms with E-state index in [9.17, 15) is 4.79 Å². The number of ketones is 1. The molecule has 0 fully saturated rings. The van der Waals surface area contributed by atoms with E-state index in [0.717, 1.165) is 4.47 Å². The SMILES string of the molecule is O=C(c1ccc2c(c1)OCCO2)c1ccc(Br)cc1Cl. The summed E-state index contributed by atoms with van der Waals surface area (Å²) in [5.74, 6) is 1.12. The minimum absolute atomic E-state index is 0.139. The van der Waals surface area contributed by atoms with Crippen molar-refractivity contribution in [1.29, 1.82) is 0 Å². The predicted octanol–water partition coefficient (Wildman–Crippen LogP) is 4.10. The van der Waals surface area contributed by atoms with Gasteiger partial charge >= 0.3 is 0 Å². The molecule has 0 unspecified atom stereocenters. The van der Waals surface area contributed by atoms with Crippen molar-refractivity contribution in [2.24, 2.45) is 0 Å². The van der Waals surface area contributed by atoms with E-state index in [1.165, 1.54) is 0 Å². The summed E-state index contributed by atoms with van der Waals surface area (Å²) in [5.41, 5.74) is 0.991. The van der Waals surface area contributed by atoms with Gasteiger partial charge in [0.2, 0.25) is 0 Å². The van der Waals surface area contributed by atoms with Crippen molar-refractivity contribution in [2.75, 3.05) is 13.2 Å². The summed E-state index contributed by atoms with van der Waals surface area (Å²) in [7, 11) is 0. The van der Waals surface area contributed by atoms with Crippen LogP contribution in [0.4, 0.5) is 0 Å². The fourth-order valence-corrected chi connectivity index (χ4v) is 2.77. The van der Waals surface area contributed by atoms with E-state index < -0.39 is 0 Å². The second-order valence-electron chi connectivity index (χ2n) is 4.31. The van der Waals surface area contributed by atoms with Crippen molar-refractivity contribution in [3.8, 4) is 11.5 Å². The minimum Gasteiger partial charge on any atom is -0.486 e. The first-order valence-electron chi connectivity index (χ1n) is 6.04. The van der Waals surface area contributed by atoms with Crippen LogP contribution in [-0.4, -0.2) is 19.0 Å². The lowest BCUT2D eigenvalue weighted by molar-refractivity contribution is 0.103. The third-order valence-electron chi connectivity index (χ3n) is 2.98. The van der Waals surface area contributed by atoms with Crippen LogP contribution >= 0.6 is 27.5 Å². The Morgan fingerprint density at radius 2 is 1.80 bits per heavy atom. The number of ether oxygens (including phenoxy) is 2. The Labute approximate surface area is 129 Å². The second-order valence-corrected chi connectivity index (χ2v) is 5.63. The van der Waals surface area contributed by atoms with Crippen LogP contribution in [0.25, 0.3) is 0 Å². The van der Waals surface area contributed by atoms with E-state index in [2.05, 4.69) is 15.9 Å². The highest BCUT2D eigenvalue weighted by Gasteiger charge is 2.17. The molecule has 20 heavy (non-hydrogen) atoms. The predicted molar refractivity (Wildman–Crippen MR) is 80.0 cm³/mol. The van der Waals surface area contributed by atoms with Gasteiger partial charge in [-0.05, 0) is 36.4 Å². The molecule has 0 aromatic heterocycles. The van der Waals surface area contributed by atoms with Crippen LogP contribution in [0.5, 0.6) is 11.5 Å². The first-order chi connectivity index (χ1) is 9.65. The van der Waals surface area contributed by atoms with Gasteiger partial charge in [-0.3, -0.25) is 4.79 Å². The molecule has 3 rings (SSSR count). The molecule has 1 heterocycles. The largest absolute Gasteiger partial charge is 0.486 e. The van der Waals surface area contributed by atoms with Crippen LogP contribution < -0.4 is 9.47 Å². The van der Waals surface area contributed by atoms with Gasteiger partial charge in [-0.2, -0.15) is 0 Å². The molecule has 102 valence electrons. The quantitative estimate of drug-likeness (QED) is 0.762. The van der Waals surface area contributed by atoms with E-state index in [1.807, 2.05) is 0 Å². The average Bonchev–Trinajstić information content (AvgIpc) is 2.46. The molecule has 2 aromatic carbocycles. The molecule has 0 atom stereocenters. The van der Waals surface area contributed by atoms with E-state index in [1.54, 1.807) is 36.4 Å². The lowest BCUT2D eigenvalue weighted by atomic mass is 10.0. The first kappa shape index (κ1) is 13.5. The van der Waals surface area contributed by atoms with Gasteiger partial charge in [0, 0.05) is 15.6 Å². The van der Waals surface area contributed by atoms with Crippen molar-refractivity contribution in [2.45, 2.75) is 0 Å². The smallest absolute Gasteiger partial charge is 0.194 e. The van der Waals surface area contributed by atoms with Gasteiger partial charge in [-0.25, -0.2) is 0 Å². The molecule has 0 N–H and O–H groups in total. The molecule has 5 heteroatoms. The van der Waals surface area contributed by atoms with Crippen LogP contribution in [0, 0.1) is 0 Å². The van der Waals surface area contributed by atoms with Gasteiger partial charge in [-0.1, -0.05) is 27.5 Å². The molecule has 0 radical (unpaired) electrons. The number of halogens is 2. The van der Waals surface area contributed by atoms with Gasteiger partial charge < -0.3 is 9.47 Å². The molecule has 3 nitrogen and oxygen atoms in total. The lowest BCUT2D eigenvalue weighted by Gasteiger charge is -2.18. The zero-order valence-corrected chi connectivity index (χ0v) is 12.7. The summed E-state index contributed by atoms with van der Waals surface area (Å²) in [6.45, 7) is 1.02. The highest BCUT2D eigenvalue weighted by atomic mass is 79.9. The highest BCUT2D eigenvalue weighted by Crippen LogP contribution is 2.32. The Morgan fingerprint density at radius 3 is 2.55 bits per heavy atom. The standard InChI is InChI=1S/C15H10BrClO3/c16-10-2-3-11(12(17)8-10)15(18)9-1-4-13-14(7-9)20-6-5-19-13/h1-4,7-8H,5-6H2. The molecule has 0 bridgehead atoms. The second kappa shape index (κ2) is 5.46. The van der Waals surface area contributed by atoms with Crippen LogP contribution in [0.3, 0.4) is 0 Å². The van der Waals surface area contributed by atoms with E-state index >= 15 is 0 Å². The zero-order valence-electron chi connectivity index (χ0n) is 10.4. The molecule has 0 saturated carbocycles. The lowest BCUT2D eigenvalue weighted by Crippen LogP contribution is -2.16. The van der Waals surface area contributed by atoms with Gasteiger partial charge in [0.15, 0.2) is 17.3 Å². The van der Waals surface area contributed by atoms with Crippen LogP contribution in [-0.2, 0) is 0 Å². The maximum Gasteiger partial charge on any atom is 0.194 e. The molecule has 0 saturated heterocycles. The summed E-state index contributed by atoms with van der Waals surface area (Å²) in [6, 6.07) is 10.3. The molecular weight excluding hydrogens is 344 g/mol. The normalized spacial score (nSPS) is 13.1. The van der Waals surface area contributed by atoms with Crippen molar-refractivity contribution < 1.29 is 14.3 Å². The third kappa shape index (κ3) is 2.53. The van der Waals surface area contributed by atoms with Crippen LogP contribution in [0.1, 0.15) is 15.9 Å². The number of carbonyl (C=O) groups excluding carboxylic acids is 1. The third-order valence-corrected chi connectivity index (χ3v) is 3.79. The number of rotatable bonds is 2. The van der Waals surface area contributed by atoms with Crippen molar-refractivity contribution in [1.82, 2.24) is 0 Å². The molecule has 0 amide bonds. The number of hydrogen-bond acceptors (Lipinski definition) is 3. The van der Waals surface area contributed by atoms with Crippen molar-refractivity contribution >= 4 is 33.3 Å². The summed E-state index contributed by atoms with van der Waals surface area (Å²) in [4.78, 5) is 12.5. The van der Waals surface area contributed by atoms with Gasteiger partial charge in [0.1, 0.15) is 13.2 Å². The fraction of sp³-hybridized carbons (Fsp3) is 0.133. The Bertz CT molecular complexity index is 685. The number of benzene rings is 2. The maximum absolute atomic E-state index is 12.5. The minimum atomic E-state index is -0.139. The number of hydrogen-bond donors (Lipinski definition) is 0. The molecule has 1 aliphatic rings. The van der Waals surface area contributed by atoms with Gasteiger partial charge in [0.25, 0.3) is 0 Å². The van der Waals surface area contributed by atoms with Gasteiger partial charge in [-0.15, -0.1) is 0 Å². The Hall–Kier alpha value is -1.52. The highest BCUT2D eigenvalue weighted by molar-refractivity contribution is 9.10. The maximum atomic E-state index is 12.5. The van der Waals surface area contributed by atoms with Crippen molar-refractivity contribution in [3.63, 3.8) is 0 Å². The summed E-state index contributed by atoms with van der Waals surface area (Å²) < 4.78 is 11.8. The number of fused-ring (bicyclic) bond motifs is 1. The van der Waals surface area contributed by atoms with E-state index in [0.29, 0.717) is 40.9 Å². The molecular formula is C15H10BrClO3. The first-order valence-corrected chi connectivity index (χ1v) is 7.21. The fourth-order valence-electron chi connectivity index (χ4n) is 2.01. The van der Waals surface area contributed by atoms with Crippen molar-refractivity contribution in [3.05, 3.63) is 57.0 Å². The topological polar surface area (TPSA) is 35.5 Å². The Morgan fingerprint density at radius 1 is 1.05 bits per heavy atom. The monoisotopic (exact) mass is 352 g/mol. The summed E-state index contributed by atoms with van der Waals surface area (Å²) >= 11 is 9.43. The Kier molecular flexibility index (Phi) is 3.68. The zero-order chi connectivity index (χ0) is 14.1. The summed E-state index contributed by atoms with van der Waals surface area (Å²) in [5, 5.41) is 0.416. The van der Waals surface area contributed by atoms with Crippen LogP contribution in [0.15, 0.2) is 40.9 Å². The number of carbonyl (C=O) groups is 1. The van der Waals surface area contributed by atoms with Crippen LogP contribution in [0.2, 0.25) is 5.02 Å². The molecule has 2 aromatic rings.